The number of nitrogens with one attached hydrogen (secondary N) is 2. The summed E-state index contributed by atoms with van der Waals surface area (Å²) in [4.78, 5) is 11.8. The van der Waals surface area contributed by atoms with Crippen molar-refractivity contribution in [3.8, 4) is 0 Å². The lowest BCUT2D eigenvalue weighted by Gasteiger charge is -2.14. The minimum atomic E-state index is -4.99. The van der Waals surface area contributed by atoms with E-state index in [-0.39, 0.29) is 6.07 Å². The first-order valence-corrected chi connectivity index (χ1v) is 8.04. The van der Waals surface area contributed by atoms with E-state index in [2.05, 4.69) is 21.2 Å². The van der Waals surface area contributed by atoms with Crippen LogP contribution in [0.25, 0.3) is 6.08 Å². The maximum absolute atomic E-state index is 12.8. The van der Waals surface area contributed by atoms with Gasteiger partial charge in [-0.2, -0.15) is 26.3 Å². The van der Waals surface area contributed by atoms with Crippen molar-refractivity contribution in [1.29, 1.82) is 0 Å². The van der Waals surface area contributed by atoms with Gasteiger partial charge in [0.1, 0.15) is 0 Å². The van der Waals surface area contributed by atoms with Crippen molar-refractivity contribution in [1.82, 2.24) is 5.32 Å². The number of anilines is 1. The first-order chi connectivity index (χ1) is 12.5. The zero-order chi connectivity index (χ0) is 20.2. The highest BCUT2D eigenvalue weighted by atomic mass is 79.9. The molecule has 0 radical (unpaired) electrons. The SMILES string of the molecule is O=C(N/C=C/c1ccccc1Br)Nc1cc(C(F)(F)F)cc(C(F)(F)F)c1. The van der Waals surface area contributed by atoms with Crippen LogP contribution in [0.4, 0.5) is 36.8 Å². The third kappa shape index (κ3) is 6.02. The van der Waals surface area contributed by atoms with Crippen molar-refractivity contribution >= 4 is 33.7 Å². The van der Waals surface area contributed by atoms with Gasteiger partial charge in [-0.3, -0.25) is 0 Å². The second-order valence-electron chi connectivity index (χ2n) is 5.25. The molecule has 2 aromatic carbocycles. The smallest absolute Gasteiger partial charge is 0.314 e. The van der Waals surface area contributed by atoms with Gasteiger partial charge in [0.25, 0.3) is 0 Å². The van der Waals surface area contributed by atoms with E-state index in [4.69, 9.17) is 0 Å². The molecule has 0 heterocycles. The molecule has 0 aliphatic rings. The molecule has 0 aliphatic heterocycles. The third-order valence-electron chi connectivity index (χ3n) is 3.23. The van der Waals surface area contributed by atoms with E-state index in [0.29, 0.717) is 17.7 Å². The molecule has 2 N–H and O–H groups in total. The van der Waals surface area contributed by atoms with Gasteiger partial charge < -0.3 is 10.6 Å². The Kier molecular flexibility index (Phi) is 6.19. The number of carbonyl (C=O) groups is 1. The molecular formula is C17H11BrF6N2O. The molecule has 0 spiro atoms. The molecule has 0 aliphatic carbocycles. The van der Waals surface area contributed by atoms with Gasteiger partial charge in [-0.05, 0) is 35.9 Å². The topological polar surface area (TPSA) is 41.1 Å². The molecule has 0 saturated heterocycles. The predicted molar refractivity (Wildman–Crippen MR) is 91.8 cm³/mol. The van der Waals surface area contributed by atoms with Gasteiger partial charge >= 0.3 is 18.4 Å². The zero-order valence-electron chi connectivity index (χ0n) is 13.3. The zero-order valence-corrected chi connectivity index (χ0v) is 14.8. The quantitative estimate of drug-likeness (QED) is 0.528. The molecule has 0 aromatic heterocycles. The maximum atomic E-state index is 12.8. The molecule has 0 atom stereocenters. The Morgan fingerprint density at radius 1 is 0.926 bits per heavy atom. The highest BCUT2D eigenvalue weighted by Gasteiger charge is 2.37. The van der Waals surface area contributed by atoms with Crippen LogP contribution in [0.3, 0.4) is 0 Å². The van der Waals surface area contributed by atoms with E-state index in [1.54, 1.807) is 24.3 Å². The average Bonchev–Trinajstić information content (AvgIpc) is 2.54. The summed E-state index contributed by atoms with van der Waals surface area (Å²) in [6.07, 6.45) is -7.29. The lowest BCUT2D eigenvalue weighted by atomic mass is 10.1. The van der Waals surface area contributed by atoms with Crippen molar-refractivity contribution in [3.05, 3.63) is 69.8 Å². The Morgan fingerprint density at radius 2 is 1.48 bits per heavy atom. The summed E-state index contributed by atoms with van der Waals surface area (Å²) in [6.45, 7) is 0. The molecule has 10 heteroatoms. The van der Waals surface area contributed by atoms with E-state index in [9.17, 15) is 31.1 Å². The number of carbonyl (C=O) groups excluding carboxylic acids is 1. The molecule has 2 rings (SSSR count). The molecule has 2 amide bonds. The maximum Gasteiger partial charge on any atom is 0.416 e. The normalized spacial score (nSPS) is 12.3. The molecule has 3 nitrogen and oxygen atoms in total. The number of hydrogen-bond donors (Lipinski definition) is 2. The monoisotopic (exact) mass is 452 g/mol. The van der Waals surface area contributed by atoms with Gasteiger partial charge in [-0.15, -0.1) is 0 Å². The Hall–Kier alpha value is -2.49. The minimum Gasteiger partial charge on any atom is -0.314 e. The van der Waals surface area contributed by atoms with Crippen molar-refractivity contribution in [2.45, 2.75) is 12.4 Å². The number of benzene rings is 2. The second kappa shape index (κ2) is 8.03. The van der Waals surface area contributed by atoms with Crippen LogP contribution in [0, 0.1) is 0 Å². The molecule has 2 aromatic rings. The van der Waals surface area contributed by atoms with Gasteiger partial charge in [0, 0.05) is 16.4 Å². The van der Waals surface area contributed by atoms with Gasteiger partial charge in [0.2, 0.25) is 0 Å². The van der Waals surface area contributed by atoms with Crippen LogP contribution >= 0.6 is 15.9 Å². The number of urea groups is 1. The summed E-state index contributed by atoms with van der Waals surface area (Å²) in [6, 6.07) is 6.82. The van der Waals surface area contributed by atoms with E-state index in [0.717, 1.165) is 4.47 Å². The summed E-state index contributed by atoms with van der Waals surface area (Å²) in [5.74, 6) is 0. The van der Waals surface area contributed by atoms with Crippen LogP contribution in [0.2, 0.25) is 0 Å². The summed E-state index contributed by atoms with van der Waals surface area (Å²) in [5.41, 5.74) is -2.96. The first kappa shape index (κ1) is 20.8. The third-order valence-corrected chi connectivity index (χ3v) is 3.95. The highest BCUT2D eigenvalue weighted by molar-refractivity contribution is 9.10. The van der Waals surface area contributed by atoms with E-state index >= 15 is 0 Å². The Balaban J connectivity index is 2.16. The second-order valence-corrected chi connectivity index (χ2v) is 6.10. The lowest BCUT2D eigenvalue weighted by molar-refractivity contribution is -0.143. The fourth-order valence-corrected chi connectivity index (χ4v) is 2.43. The van der Waals surface area contributed by atoms with Gasteiger partial charge in [0.05, 0.1) is 11.1 Å². The fraction of sp³-hybridized carbons (Fsp3) is 0.118. The van der Waals surface area contributed by atoms with Crippen LogP contribution < -0.4 is 10.6 Å². The first-order valence-electron chi connectivity index (χ1n) is 7.25. The van der Waals surface area contributed by atoms with Crippen molar-refractivity contribution in [2.75, 3.05) is 5.32 Å². The molecule has 27 heavy (non-hydrogen) atoms. The van der Waals surface area contributed by atoms with Gasteiger partial charge in [0.15, 0.2) is 0 Å². The van der Waals surface area contributed by atoms with E-state index < -0.39 is 35.2 Å². The Morgan fingerprint density at radius 3 is 2.00 bits per heavy atom. The summed E-state index contributed by atoms with van der Waals surface area (Å²) in [5, 5.41) is 4.16. The van der Waals surface area contributed by atoms with Crippen molar-refractivity contribution in [3.63, 3.8) is 0 Å². The number of rotatable bonds is 3. The van der Waals surface area contributed by atoms with Crippen LogP contribution in [0.5, 0.6) is 0 Å². The molecule has 144 valence electrons. The minimum absolute atomic E-state index is 0.0179. The average molecular weight is 453 g/mol. The van der Waals surface area contributed by atoms with Crippen molar-refractivity contribution < 1.29 is 31.1 Å². The van der Waals surface area contributed by atoms with Gasteiger partial charge in [-0.1, -0.05) is 34.1 Å². The largest absolute Gasteiger partial charge is 0.416 e. The summed E-state index contributed by atoms with van der Waals surface area (Å²) < 4.78 is 77.5. The van der Waals surface area contributed by atoms with E-state index in [1.165, 1.54) is 12.3 Å². The number of hydrogen-bond acceptors (Lipinski definition) is 1. The number of halogens is 7. The lowest BCUT2D eigenvalue weighted by Crippen LogP contribution is -2.24. The van der Waals surface area contributed by atoms with Gasteiger partial charge in [-0.25, -0.2) is 4.79 Å². The molecule has 0 saturated carbocycles. The predicted octanol–water partition coefficient (Wildman–Crippen LogP) is 6.28. The number of amides is 2. The van der Waals surface area contributed by atoms with E-state index in [1.807, 2.05) is 5.32 Å². The summed E-state index contributed by atoms with van der Waals surface area (Å²) >= 11 is 3.28. The standard InChI is InChI=1S/C17H11BrF6N2O/c18-14-4-2-1-3-10(14)5-6-25-15(27)26-13-8-11(16(19,20)21)7-12(9-13)17(22,23)24/h1-9H,(H2,25,26,27)/b6-5+. The Bertz CT molecular complexity index is 829. The summed E-state index contributed by atoms with van der Waals surface area (Å²) in [7, 11) is 0. The Labute approximate surface area is 158 Å². The van der Waals surface area contributed by atoms with Crippen LogP contribution in [-0.4, -0.2) is 6.03 Å². The molecular weight excluding hydrogens is 442 g/mol. The number of alkyl halides is 6. The fourth-order valence-electron chi connectivity index (χ4n) is 2.01. The molecule has 0 unspecified atom stereocenters. The van der Waals surface area contributed by atoms with Crippen LogP contribution in [0.15, 0.2) is 53.1 Å². The highest BCUT2D eigenvalue weighted by Crippen LogP contribution is 2.37. The van der Waals surface area contributed by atoms with Crippen LogP contribution in [0.1, 0.15) is 16.7 Å². The van der Waals surface area contributed by atoms with Crippen molar-refractivity contribution in [2.24, 2.45) is 0 Å². The molecule has 0 fully saturated rings. The van der Waals surface area contributed by atoms with Crippen LogP contribution in [-0.2, 0) is 12.4 Å². The molecule has 0 bridgehead atoms.